The van der Waals surface area contributed by atoms with E-state index < -0.39 is 11.7 Å². The lowest BCUT2D eigenvalue weighted by atomic mass is 9.91. The standard InChI is InChI=1S/C9H18O3/c1-9(2,11)8(10)5-7-3-4-12-6-7/h7-8,10-11H,3-6H2,1-2H3. The van der Waals surface area contributed by atoms with Gasteiger partial charge in [-0.1, -0.05) is 0 Å². The van der Waals surface area contributed by atoms with E-state index >= 15 is 0 Å². The van der Waals surface area contributed by atoms with E-state index in [2.05, 4.69) is 0 Å². The minimum atomic E-state index is -0.984. The molecule has 0 saturated carbocycles. The molecule has 3 heteroatoms. The molecule has 0 aromatic rings. The highest BCUT2D eigenvalue weighted by atomic mass is 16.5. The van der Waals surface area contributed by atoms with Gasteiger partial charge in [-0.3, -0.25) is 0 Å². The van der Waals surface area contributed by atoms with Crippen molar-refractivity contribution in [3.8, 4) is 0 Å². The van der Waals surface area contributed by atoms with Gasteiger partial charge < -0.3 is 14.9 Å². The fourth-order valence-corrected chi connectivity index (χ4v) is 1.37. The molecule has 1 aliphatic heterocycles. The molecule has 0 radical (unpaired) electrons. The Balaban J connectivity index is 2.30. The van der Waals surface area contributed by atoms with Crippen molar-refractivity contribution >= 4 is 0 Å². The van der Waals surface area contributed by atoms with E-state index in [1.807, 2.05) is 0 Å². The second kappa shape index (κ2) is 3.73. The van der Waals surface area contributed by atoms with E-state index in [-0.39, 0.29) is 0 Å². The molecule has 2 N–H and O–H groups in total. The van der Waals surface area contributed by atoms with Gasteiger partial charge in [-0.05, 0) is 32.6 Å². The van der Waals surface area contributed by atoms with Crippen molar-refractivity contribution in [3.63, 3.8) is 0 Å². The molecule has 0 aromatic heterocycles. The van der Waals surface area contributed by atoms with Gasteiger partial charge in [0.25, 0.3) is 0 Å². The monoisotopic (exact) mass is 174 g/mol. The molecule has 1 fully saturated rings. The van der Waals surface area contributed by atoms with Gasteiger partial charge in [-0.15, -0.1) is 0 Å². The molecule has 0 amide bonds. The zero-order valence-corrected chi connectivity index (χ0v) is 7.79. The van der Waals surface area contributed by atoms with Crippen LogP contribution in [0.1, 0.15) is 26.7 Å². The third-order valence-corrected chi connectivity index (χ3v) is 2.40. The van der Waals surface area contributed by atoms with Crippen molar-refractivity contribution in [1.29, 1.82) is 0 Å². The average molecular weight is 174 g/mol. The Morgan fingerprint density at radius 1 is 1.58 bits per heavy atom. The van der Waals surface area contributed by atoms with Crippen LogP contribution in [0.4, 0.5) is 0 Å². The third-order valence-electron chi connectivity index (χ3n) is 2.40. The molecule has 0 aromatic carbocycles. The third kappa shape index (κ3) is 2.73. The smallest absolute Gasteiger partial charge is 0.0849 e. The first-order chi connectivity index (χ1) is 5.50. The first kappa shape index (κ1) is 9.96. The predicted octanol–water partition coefficient (Wildman–Crippen LogP) is 0.545. The molecule has 1 heterocycles. The Kier molecular flexibility index (Phi) is 3.09. The number of aliphatic hydroxyl groups is 2. The molecule has 3 nitrogen and oxygen atoms in total. The summed E-state index contributed by atoms with van der Waals surface area (Å²) in [7, 11) is 0. The van der Waals surface area contributed by atoms with Crippen LogP contribution in [0.2, 0.25) is 0 Å². The topological polar surface area (TPSA) is 49.7 Å². The normalized spacial score (nSPS) is 27.5. The van der Waals surface area contributed by atoms with Crippen LogP contribution >= 0.6 is 0 Å². The predicted molar refractivity (Wildman–Crippen MR) is 45.8 cm³/mol. The van der Waals surface area contributed by atoms with Gasteiger partial charge in [-0.2, -0.15) is 0 Å². The second-order valence-corrected chi connectivity index (χ2v) is 4.13. The van der Waals surface area contributed by atoms with E-state index in [1.165, 1.54) is 0 Å². The van der Waals surface area contributed by atoms with Gasteiger partial charge in [0.2, 0.25) is 0 Å². The lowest BCUT2D eigenvalue weighted by molar-refractivity contribution is -0.0584. The van der Waals surface area contributed by atoms with Crippen LogP contribution in [0.15, 0.2) is 0 Å². The summed E-state index contributed by atoms with van der Waals surface area (Å²) in [6, 6.07) is 0. The Morgan fingerprint density at radius 2 is 2.25 bits per heavy atom. The zero-order valence-electron chi connectivity index (χ0n) is 7.79. The Bertz CT molecular complexity index is 133. The van der Waals surface area contributed by atoms with Crippen molar-refractivity contribution in [1.82, 2.24) is 0 Å². The number of hydrogen-bond donors (Lipinski definition) is 2. The summed E-state index contributed by atoms with van der Waals surface area (Å²) in [5, 5.41) is 19.0. The van der Waals surface area contributed by atoms with Crippen LogP contribution in [-0.4, -0.2) is 35.1 Å². The highest BCUT2D eigenvalue weighted by molar-refractivity contribution is 4.80. The molecule has 72 valence electrons. The maximum Gasteiger partial charge on any atom is 0.0849 e. The molecule has 1 aliphatic rings. The zero-order chi connectivity index (χ0) is 9.19. The summed E-state index contributed by atoms with van der Waals surface area (Å²) in [6.45, 7) is 4.79. The molecule has 0 spiro atoms. The number of rotatable bonds is 3. The average Bonchev–Trinajstić information content (AvgIpc) is 2.37. The molecular weight excluding hydrogens is 156 g/mol. The molecule has 0 bridgehead atoms. The van der Waals surface area contributed by atoms with Gasteiger partial charge in [0.1, 0.15) is 0 Å². The largest absolute Gasteiger partial charge is 0.390 e. The van der Waals surface area contributed by atoms with E-state index in [9.17, 15) is 10.2 Å². The number of ether oxygens (including phenoxy) is 1. The van der Waals surface area contributed by atoms with Gasteiger partial charge in [0, 0.05) is 13.2 Å². The molecule has 0 aliphatic carbocycles. The van der Waals surface area contributed by atoms with Crippen LogP contribution in [0.25, 0.3) is 0 Å². The van der Waals surface area contributed by atoms with Crippen molar-refractivity contribution < 1.29 is 14.9 Å². The summed E-state index contributed by atoms with van der Waals surface area (Å²) >= 11 is 0. The maximum atomic E-state index is 9.54. The van der Waals surface area contributed by atoms with Crippen LogP contribution in [0.5, 0.6) is 0 Å². The highest BCUT2D eigenvalue weighted by Crippen LogP contribution is 2.22. The van der Waals surface area contributed by atoms with E-state index in [0.717, 1.165) is 19.6 Å². The molecule has 12 heavy (non-hydrogen) atoms. The molecule has 1 saturated heterocycles. The maximum absolute atomic E-state index is 9.54. The summed E-state index contributed by atoms with van der Waals surface area (Å²) < 4.78 is 5.18. The number of aliphatic hydroxyl groups excluding tert-OH is 1. The molecule has 2 unspecified atom stereocenters. The van der Waals surface area contributed by atoms with Crippen LogP contribution in [0, 0.1) is 5.92 Å². The minimum absolute atomic E-state index is 0.423. The van der Waals surface area contributed by atoms with Crippen LogP contribution in [-0.2, 0) is 4.74 Å². The molecular formula is C9H18O3. The molecule has 2 atom stereocenters. The van der Waals surface area contributed by atoms with E-state index in [0.29, 0.717) is 12.3 Å². The lowest BCUT2D eigenvalue weighted by Crippen LogP contribution is -2.37. The van der Waals surface area contributed by atoms with Crippen molar-refractivity contribution in [2.75, 3.05) is 13.2 Å². The first-order valence-corrected chi connectivity index (χ1v) is 4.48. The second-order valence-electron chi connectivity index (χ2n) is 4.13. The summed E-state index contributed by atoms with van der Waals surface area (Å²) in [5.74, 6) is 0.423. The summed E-state index contributed by atoms with van der Waals surface area (Å²) in [5.41, 5.74) is -0.984. The molecule has 1 rings (SSSR count). The van der Waals surface area contributed by atoms with Crippen LogP contribution in [0.3, 0.4) is 0 Å². The van der Waals surface area contributed by atoms with E-state index in [1.54, 1.807) is 13.8 Å². The van der Waals surface area contributed by atoms with Crippen molar-refractivity contribution in [2.45, 2.75) is 38.4 Å². The van der Waals surface area contributed by atoms with E-state index in [4.69, 9.17) is 4.74 Å². The first-order valence-electron chi connectivity index (χ1n) is 4.48. The Morgan fingerprint density at radius 3 is 2.67 bits per heavy atom. The van der Waals surface area contributed by atoms with Crippen molar-refractivity contribution in [2.24, 2.45) is 5.92 Å². The van der Waals surface area contributed by atoms with Gasteiger partial charge in [0.15, 0.2) is 0 Å². The minimum Gasteiger partial charge on any atom is -0.390 e. The fourth-order valence-electron chi connectivity index (χ4n) is 1.37. The highest BCUT2D eigenvalue weighted by Gasteiger charge is 2.28. The quantitative estimate of drug-likeness (QED) is 0.656. The van der Waals surface area contributed by atoms with Gasteiger partial charge in [0.05, 0.1) is 11.7 Å². The summed E-state index contributed by atoms with van der Waals surface area (Å²) in [6.07, 6.45) is 1.01. The number of hydrogen-bond acceptors (Lipinski definition) is 3. The fraction of sp³-hybridized carbons (Fsp3) is 1.00. The Hall–Kier alpha value is -0.120. The lowest BCUT2D eigenvalue weighted by Gasteiger charge is -2.26. The van der Waals surface area contributed by atoms with Crippen LogP contribution < -0.4 is 0 Å². The van der Waals surface area contributed by atoms with Gasteiger partial charge in [-0.25, -0.2) is 0 Å². The van der Waals surface area contributed by atoms with Crippen molar-refractivity contribution in [3.05, 3.63) is 0 Å². The summed E-state index contributed by atoms with van der Waals surface area (Å²) in [4.78, 5) is 0. The SMILES string of the molecule is CC(C)(O)C(O)CC1CCOC1. The van der Waals surface area contributed by atoms with Gasteiger partial charge >= 0.3 is 0 Å². The Labute approximate surface area is 73.4 Å².